The Bertz CT molecular complexity index is 829. The summed E-state index contributed by atoms with van der Waals surface area (Å²) in [6.07, 6.45) is 3.42. The molecule has 1 aliphatic heterocycles. The summed E-state index contributed by atoms with van der Waals surface area (Å²) >= 11 is 0. The Hall–Kier alpha value is -2.68. The highest BCUT2D eigenvalue weighted by atomic mass is 19.1. The Morgan fingerprint density at radius 3 is 2.65 bits per heavy atom. The average molecular weight is 311 g/mol. The molecular formula is C17H14FN3O2. The fourth-order valence-corrected chi connectivity index (χ4v) is 4.44. The first-order valence-corrected chi connectivity index (χ1v) is 7.33. The van der Waals surface area contributed by atoms with Gasteiger partial charge in [-0.2, -0.15) is 5.26 Å². The third-order valence-corrected chi connectivity index (χ3v) is 5.40. The van der Waals surface area contributed by atoms with Gasteiger partial charge in [0.2, 0.25) is 5.67 Å². The molecule has 3 aliphatic rings. The van der Waals surface area contributed by atoms with E-state index in [-0.39, 0.29) is 0 Å². The maximum absolute atomic E-state index is 15.9. The number of alkyl halides is 1. The van der Waals surface area contributed by atoms with E-state index in [1.54, 1.807) is 24.3 Å². The van der Waals surface area contributed by atoms with Gasteiger partial charge in [-0.05, 0) is 11.1 Å². The molecule has 1 heterocycles. The van der Waals surface area contributed by atoms with Gasteiger partial charge in [-0.25, -0.2) is 9.18 Å². The Morgan fingerprint density at radius 1 is 1.26 bits per heavy atom. The lowest BCUT2D eigenvalue weighted by Crippen LogP contribution is -2.83. The molecule has 0 bridgehead atoms. The molecular weight excluding hydrogens is 297 g/mol. The molecule has 4 rings (SSSR count). The Labute approximate surface area is 132 Å². The molecule has 0 unspecified atom stereocenters. The number of carbonyl (C=O) groups excluding carboxylic acids is 2. The van der Waals surface area contributed by atoms with E-state index in [1.807, 2.05) is 12.1 Å². The zero-order valence-corrected chi connectivity index (χ0v) is 12.7. The summed E-state index contributed by atoms with van der Waals surface area (Å²) in [6, 6.07) is 7.65. The number of hydrogen-bond donors (Lipinski definition) is 0. The van der Waals surface area contributed by atoms with Gasteiger partial charge in [0, 0.05) is 14.1 Å². The number of nitrogens with zero attached hydrogens (tertiary/aromatic N) is 3. The van der Waals surface area contributed by atoms with Crippen LogP contribution in [0.2, 0.25) is 0 Å². The molecule has 6 heteroatoms. The number of nitriles is 1. The molecule has 23 heavy (non-hydrogen) atoms. The summed E-state index contributed by atoms with van der Waals surface area (Å²) < 4.78 is 15.9. The number of fused-ring (bicyclic) bond motifs is 6. The zero-order valence-electron chi connectivity index (χ0n) is 12.7. The van der Waals surface area contributed by atoms with Crippen LogP contribution in [0.1, 0.15) is 17.0 Å². The number of benzene rings is 1. The standard InChI is InChI=1S/C17H14FN3O2/c1-20-13-16(9-19)8-7-10-5-3-4-6-11(10)12(16)17(13,18)14(22)21(2)15(20)23/h3-8,12-13H,1-2H3/t12-,13+,16-,17+/m0/s1. The van der Waals surface area contributed by atoms with E-state index in [2.05, 4.69) is 6.07 Å². The van der Waals surface area contributed by atoms with Crippen LogP contribution in [-0.2, 0) is 4.79 Å². The van der Waals surface area contributed by atoms with Gasteiger partial charge in [-0.15, -0.1) is 0 Å². The predicted octanol–water partition coefficient (Wildman–Crippen LogP) is 1.92. The maximum Gasteiger partial charge on any atom is 0.326 e. The second kappa shape index (κ2) is 3.99. The van der Waals surface area contributed by atoms with Crippen molar-refractivity contribution in [1.29, 1.82) is 5.26 Å². The van der Waals surface area contributed by atoms with Gasteiger partial charge in [-0.3, -0.25) is 9.69 Å². The van der Waals surface area contributed by atoms with E-state index in [4.69, 9.17) is 0 Å². The molecule has 2 fully saturated rings. The lowest BCUT2D eigenvalue weighted by molar-refractivity contribution is -0.183. The van der Waals surface area contributed by atoms with Crippen molar-refractivity contribution < 1.29 is 14.0 Å². The number of imide groups is 1. The fourth-order valence-electron chi connectivity index (χ4n) is 4.44. The van der Waals surface area contributed by atoms with Gasteiger partial charge in [0.1, 0.15) is 5.41 Å². The number of hydrogen-bond acceptors (Lipinski definition) is 3. The number of amides is 3. The molecule has 0 aromatic heterocycles. The van der Waals surface area contributed by atoms with E-state index < -0.39 is 35.0 Å². The minimum Gasteiger partial charge on any atom is -0.319 e. The lowest BCUT2D eigenvalue weighted by atomic mass is 9.44. The molecule has 1 aromatic rings. The molecule has 3 amide bonds. The molecule has 116 valence electrons. The quantitative estimate of drug-likeness (QED) is 0.735. The van der Waals surface area contributed by atoms with Crippen molar-refractivity contribution in [2.24, 2.45) is 5.41 Å². The Kier molecular flexibility index (Phi) is 2.42. The first-order chi connectivity index (χ1) is 10.9. The average Bonchev–Trinajstić information content (AvgIpc) is 2.56. The Balaban J connectivity index is 1.98. The van der Waals surface area contributed by atoms with E-state index >= 15 is 4.39 Å². The van der Waals surface area contributed by atoms with Crippen LogP contribution in [0, 0.1) is 16.7 Å². The number of rotatable bonds is 0. The van der Waals surface area contributed by atoms with Gasteiger partial charge in [-0.1, -0.05) is 36.4 Å². The van der Waals surface area contributed by atoms with Crippen LogP contribution in [0.3, 0.4) is 0 Å². The SMILES string of the molecule is CN1C(=O)N(C)[C@@H]2[C@]3(C#N)C=Cc4ccccc4[C@@H]3[C@]2(F)C1=O. The highest BCUT2D eigenvalue weighted by Gasteiger charge is 2.81. The second-order valence-electron chi connectivity index (χ2n) is 6.37. The molecule has 4 atom stereocenters. The summed E-state index contributed by atoms with van der Waals surface area (Å²) in [7, 11) is 2.71. The van der Waals surface area contributed by atoms with Gasteiger partial charge in [0.15, 0.2) is 0 Å². The van der Waals surface area contributed by atoms with Crippen molar-refractivity contribution in [1.82, 2.24) is 9.80 Å². The van der Waals surface area contributed by atoms with Crippen LogP contribution in [0.5, 0.6) is 0 Å². The number of carbonyl (C=O) groups is 2. The molecule has 0 N–H and O–H groups in total. The third-order valence-electron chi connectivity index (χ3n) is 5.40. The number of urea groups is 1. The summed E-state index contributed by atoms with van der Waals surface area (Å²) in [5.41, 5.74) is -2.06. The van der Waals surface area contributed by atoms with Crippen molar-refractivity contribution in [2.75, 3.05) is 14.1 Å². The summed E-state index contributed by atoms with van der Waals surface area (Å²) in [4.78, 5) is 26.7. The van der Waals surface area contributed by atoms with Gasteiger partial charge < -0.3 is 4.90 Å². The molecule has 0 radical (unpaired) electrons. The summed E-state index contributed by atoms with van der Waals surface area (Å²) in [5, 5.41) is 9.78. The normalized spacial score (nSPS) is 37.5. The first kappa shape index (κ1) is 13.9. The summed E-state index contributed by atoms with van der Waals surface area (Å²) in [5.74, 6) is -1.77. The zero-order chi connectivity index (χ0) is 16.6. The third kappa shape index (κ3) is 1.28. The lowest BCUT2D eigenvalue weighted by Gasteiger charge is -2.65. The number of halogens is 1. The van der Waals surface area contributed by atoms with Crippen molar-refractivity contribution in [3.63, 3.8) is 0 Å². The van der Waals surface area contributed by atoms with Crippen molar-refractivity contribution in [2.45, 2.75) is 17.6 Å². The van der Waals surface area contributed by atoms with Gasteiger partial charge in [0.25, 0.3) is 5.91 Å². The fraction of sp³-hybridized carbons (Fsp3) is 0.353. The van der Waals surface area contributed by atoms with Crippen LogP contribution >= 0.6 is 0 Å². The highest BCUT2D eigenvalue weighted by Crippen LogP contribution is 2.67. The molecule has 1 saturated heterocycles. The van der Waals surface area contributed by atoms with Crippen LogP contribution in [0.4, 0.5) is 9.18 Å². The highest BCUT2D eigenvalue weighted by molar-refractivity contribution is 6.05. The molecule has 1 aromatic carbocycles. The van der Waals surface area contributed by atoms with E-state index in [0.29, 0.717) is 5.56 Å². The van der Waals surface area contributed by atoms with Crippen LogP contribution < -0.4 is 0 Å². The smallest absolute Gasteiger partial charge is 0.319 e. The van der Waals surface area contributed by atoms with Crippen molar-refractivity contribution in [3.8, 4) is 6.07 Å². The first-order valence-electron chi connectivity index (χ1n) is 7.33. The molecule has 1 saturated carbocycles. The second-order valence-corrected chi connectivity index (χ2v) is 6.37. The predicted molar refractivity (Wildman–Crippen MR) is 79.8 cm³/mol. The van der Waals surface area contributed by atoms with E-state index in [0.717, 1.165) is 10.5 Å². The topological polar surface area (TPSA) is 64.4 Å². The van der Waals surface area contributed by atoms with Gasteiger partial charge in [0.05, 0.1) is 18.0 Å². The summed E-state index contributed by atoms with van der Waals surface area (Å²) in [6.45, 7) is 0. The Morgan fingerprint density at radius 2 is 1.96 bits per heavy atom. The van der Waals surface area contributed by atoms with Gasteiger partial charge >= 0.3 is 6.03 Å². The van der Waals surface area contributed by atoms with Crippen LogP contribution in [0.15, 0.2) is 30.3 Å². The largest absolute Gasteiger partial charge is 0.326 e. The van der Waals surface area contributed by atoms with Crippen molar-refractivity contribution >= 4 is 18.0 Å². The monoisotopic (exact) mass is 311 g/mol. The van der Waals surface area contributed by atoms with Crippen molar-refractivity contribution in [3.05, 3.63) is 41.5 Å². The molecule has 0 spiro atoms. The van der Waals surface area contributed by atoms with Crippen LogP contribution in [-0.4, -0.2) is 47.5 Å². The van der Waals surface area contributed by atoms with E-state index in [9.17, 15) is 14.9 Å². The van der Waals surface area contributed by atoms with Crippen LogP contribution in [0.25, 0.3) is 6.08 Å². The minimum atomic E-state index is -2.28. The van der Waals surface area contributed by atoms with E-state index in [1.165, 1.54) is 19.0 Å². The molecule has 2 aliphatic carbocycles. The maximum atomic E-state index is 15.9. The minimum absolute atomic E-state index is 0.589. The molecule has 5 nitrogen and oxygen atoms in total.